The summed E-state index contributed by atoms with van der Waals surface area (Å²) in [5.41, 5.74) is 0. The fourth-order valence-electron chi connectivity index (χ4n) is 3.04. The predicted molar refractivity (Wildman–Crippen MR) is 111 cm³/mol. The molecule has 0 heterocycles. The topological polar surface area (TPSA) is 59.3 Å². The second-order valence-electron chi connectivity index (χ2n) is 6.47. The number of Topliss-reactive ketones (excluding diaryl/α,β-unsaturated/α-hetero) is 1. The van der Waals surface area contributed by atoms with Crippen LogP contribution in [0.15, 0.2) is 24.3 Å². The Hall–Kier alpha value is -2.02. The molecule has 0 aromatic heterocycles. The lowest BCUT2D eigenvalue weighted by molar-refractivity contribution is -0.121. The van der Waals surface area contributed by atoms with Gasteiger partial charge in [0.2, 0.25) is 0 Å². The normalized spacial score (nSPS) is 13.9. The van der Waals surface area contributed by atoms with E-state index in [4.69, 9.17) is 14.7 Å². The van der Waals surface area contributed by atoms with Crippen molar-refractivity contribution in [2.75, 3.05) is 7.11 Å². The quantitative estimate of drug-likeness (QED) is 0.532. The van der Waals surface area contributed by atoms with Crippen molar-refractivity contribution in [2.45, 2.75) is 85.2 Å². The van der Waals surface area contributed by atoms with Gasteiger partial charge in [0.25, 0.3) is 0 Å². The van der Waals surface area contributed by atoms with Crippen molar-refractivity contribution in [2.24, 2.45) is 5.92 Å². The maximum absolute atomic E-state index is 10.9. The molecule has 0 unspecified atom stereocenters. The van der Waals surface area contributed by atoms with Crippen LogP contribution in [-0.2, 0) is 4.79 Å². The van der Waals surface area contributed by atoms with Gasteiger partial charge in [-0.2, -0.15) is 5.26 Å². The molecule has 0 aliphatic heterocycles. The van der Waals surface area contributed by atoms with Crippen molar-refractivity contribution in [3.05, 3.63) is 24.3 Å². The van der Waals surface area contributed by atoms with Crippen LogP contribution in [0.4, 0.5) is 0 Å². The number of rotatable bonds is 8. The lowest BCUT2D eigenvalue weighted by Crippen LogP contribution is -2.11. The lowest BCUT2D eigenvalue weighted by atomic mass is 9.95. The first kappa shape index (κ1) is 25.0. The third kappa shape index (κ3) is 10.7. The van der Waals surface area contributed by atoms with Crippen molar-refractivity contribution in [1.29, 1.82) is 5.26 Å². The molecule has 0 amide bonds. The van der Waals surface area contributed by atoms with Crippen LogP contribution in [0.5, 0.6) is 11.5 Å². The Kier molecular flexibility index (Phi) is 15.0. The average Bonchev–Trinajstić information content (AvgIpc) is 3.20. The van der Waals surface area contributed by atoms with Gasteiger partial charge in [0.15, 0.2) is 11.5 Å². The molecular weight excluding hydrogens is 338 g/mol. The van der Waals surface area contributed by atoms with Gasteiger partial charge in [-0.05, 0) is 57.6 Å². The van der Waals surface area contributed by atoms with Crippen LogP contribution < -0.4 is 9.47 Å². The summed E-state index contributed by atoms with van der Waals surface area (Å²) in [6, 6.07) is 9.90. The third-order valence-corrected chi connectivity index (χ3v) is 4.48. The number of benzene rings is 1. The largest absolute Gasteiger partial charge is 0.493 e. The molecule has 0 saturated heterocycles. The number of carbonyl (C=O) groups is 1. The van der Waals surface area contributed by atoms with Crippen LogP contribution in [0.3, 0.4) is 0 Å². The molecule has 27 heavy (non-hydrogen) atoms. The number of carbonyl (C=O) groups excluding carboxylic acids is 1. The highest BCUT2D eigenvalue weighted by Gasteiger charge is 2.17. The second kappa shape index (κ2) is 16.2. The summed E-state index contributed by atoms with van der Waals surface area (Å²) < 4.78 is 11.1. The summed E-state index contributed by atoms with van der Waals surface area (Å²) in [4.78, 5) is 10.9. The molecule has 1 aliphatic carbocycles. The number of hydrogen-bond acceptors (Lipinski definition) is 4. The van der Waals surface area contributed by atoms with Crippen LogP contribution in [0, 0.1) is 17.2 Å². The highest BCUT2D eigenvalue weighted by molar-refractivity contribution is 5.78. The molecule has 1 atom stereocenters. The molecule has 4 heteroatoms. The van der Waals surface area contributed by atoms with E-state index < -0.39 is 0 Å². The Morgan fingerprint density at radius 3 is 2.26 bits per heavy atom. The first-order chi connectivity index (χ1) is 13.1. The van der Waals surface area contributed by atoms with Gasteiger partial charge in [-0.25, -0.2) is 0 Å². The van der Waals surface area contributed by atoms with Gasteiger partial charge in [0, 0.05) is 12.3 Å². The summed E-state index contributed by atoms with van der Waals surface area (Å²) in [7, 11) is 1.68. The smallest absolute Gasteiger partial charge is 0.161 e. The minimum absolute atomic E-state index is 0.125. The SMILES string of the molecule is CC.CCC[C@@H](CCC#N)C(C)=O.COc1ccccc1OC1CCCC1. The van der Waals surface area contributed by atoms with Gasteiger partial charge in [-0.15, -0.1) is 0 Å². The van der Waals surface area contributed by atoms with Gasteiger partial charge < -0.3 is 9.47 Å². The zero-order chi connectivity index (χ0) is 20.5. The molecule has 0 spiro atoms. The highest BCUT2D eigenvalue weighted by atomic mass is 16.5. The van der Waals surface area contributed by atoms with Crippen molar-refractivity contribution in [1.82, 2.24) is 0 Å². The van der Waals surface area contributed by atoms with E-state index >= 15 is 0 Å². The molecule has 1 aliphatic rings. The molecule has 1 aromatic rings. The van der Waals surface area contributed by atoms with E-state index in [1.807, 2.05) is 38.1 Å². The molecule has 0 N–H and O–H groups in total. The van der Waals surface area contributed by atoms with Gasteiger partial charge >= 0.3 is 0 Å². The number of ketones is 1. The van der Waals surface area contributed by atoms with Crippen molar-refractivity contribution >= 4 is 5.78 Å². The summed E-state index contributed by atoms with van der Waals surface area (Å²) in [6.07, 6.45) is 8.53. The van der Waals surface area contributed by atoms with E-state index in [1.54, 1.807) is 14.0 Å². The summed E-state index contributed by atoms with van der Waals surface area (Å²) in [5, 5.41) is 8.30. The Morgan fingerprint density at radius 1 is 1.19 bits per heavy atom. The second-order valence-corrected chi connectivity index (χ2v) is 6.47. The van der Waals surface area contributed by atoms with Crippen LogP contribution in [0.25, 0.3) is 0 Å². The van der Waals surface area contributed by atoms with E-state index in [1.165, 1.54) is 25.7 Å². The highest BCUT2D eigenvalue weighted by Crippen LogP contribution is 2.30. The Balaban J connectivity index is 0.000000473. The average molecular weight is 376 g/mol. The minimum atomic E-state index is 0.125. The van der Waals surface area contributed by atoms with Crippen LogP contribution >= 0.6 is 0 Å². The number of para-hydroxylation sites is 2. The number of ether oxygens (including phenoxy) is 2. The number of hydrogen-bond donors (Lipinski definition) is 0. The molecule has 0 radical (unpaired) electrons. The van der Waals surface area contributed by atoms with Gasteiger partial charge in [-0.3, -0.25) is 4.79 Å². The minimum Gasteiger partial charge on any atom is -0.493 e. The van der Waals surface area contributed by atoms with E-state index in [0.717, 1.165) is 30.8 Å². The standard InChI is InChI=1S/C12H16O2.C9H15NO.C2H6/c1-13-11-8-4-5-9-12(11)14-10-6-2-3-7-10;1-3-5-9(8(2)11)6-4-7-10;1-2/h4-5,8-10H,2-3,6-7H2,1H3;9H,3-6H2,1-2H3;1-2H3/t;9-;/m.0./s1. The van der Waals surface area contributed by atoms with Crippen molar-refractivity contribution in [3.8, 4) is 17.6 Å². The molecule has 152 valence electrons. The van der Waals surface area contributed by atoms with E-state index in [9.17, 15) is 4.79 Å². The number of methoxy groups -OCH3 is 1. The maximum atomic E-state index is 10.9. The van der Waals surface area contributed by atoms with Crippen molar-refractivity contribution < 1.29 is 14.3 Å². The van der Waals surface area contributed by atoms with Gasteiger partial charge in [0.1, 0.15) is 5.78 Å². The van der Waals surface area contributed by atoms with E-state index in [0.29, 0.717) is 12.5 Å². The van der Waals surface area contributed by atoms with Gasteiger partial charge in [0.05, 0.1) is 19.3 Å². The first-order valence-electron chi connectivity index (χ1n) is 10.3. The molecule has 1 aromatic carbocycles. The van der Waals surface area contributed by atoms with Crippen molar-refractivity contribution in [3.63, 3.8) is 0 Å². The summed E-state index contributed by atoms with van der Waals surface area (Å²) in [6.45, 7) is 7.67. The van der Waals surface area contributed by atoms with Crippen LogP contribution in [-0.4, -0.2) is 19.0 Å². The summed E-state index contributed by atoms with van der Waals surface area (Å²) >= 11 is 0. The maximum Gasteiger partial charge on any atom is 0.161 e. The molecular formula is C23H37NO3. The van der Waals surface area contributed by atoms with E-state index in [2.05, 4.69) is 13.0 Å². The Bertz CT molecular complexity index is 545. The molecule has 1 fully saturated rings. The van der Waals surface area contributed by atoms with Crippen LogP contribution in [0.2, 0.25) is 0 Å². The predicted octanol–water partition coefficient (Wildman–Crippen LogP) is 6.34. The molecule has 2 rings (SSSR count). The van der Waals surface area contributed by atoms with Crippen LogP contribution in [0.1, 0.15) is 79.1 Å². The zero-order valence-electron chi connectivity index (χ0n) is 17.8. The van der Waals surface area contributed by atoms with Gasteiger partial charge in [-0.1, -0.05) is 39.3 Å². The van der Waals surface area contributed by atoms with E-state index in [-0.39, 0.29) is 11.7 Å². The number of nitrogens with zero attached hydrogens (tertiary/aromatic N) is 1. The Morgan fingerprint density at radius 2 is 1.78 bits per heavy atom. The number of nitriles is 1. The fraction of sp³-hybridized carbons (Fsp3) is 0.652. The third-order valence-electron chi connectivity index (χ3n) is 4.48. The molecule has 0 bridgehead atoms. The molecule has 4 nitrogen and oxygen atoms in total. The Labute approximate surface area is 165 Å². The monoisotopic (exact) mass is 375 g/mol. The first-order valence-corrected chi connectivity index (χ1v) is 10.3. The molecule has 1 saturated carbocycles. The fourth-order valence-corrected chi connectivity index (χ4v) is 3.04. The lowest BCUT2D eigenvalue weighted by Gasteiger charge is -2.15. The summed E-state index contributed by atoms with van der Waals surface area (Å²) in [5.74, 6) is 2.06. The zero-order valence-corrected chi connectivity index (χ0v) is 17.8.